The third kappa shape index (κ3) is 4.05. The highest BCUT2D eigenvalue weighted by Gasteiger charge is 2.17. The van der Waals surface area contributed by atoms with Crippen LogP contribution in [0.15, 0.2) is 47.8 Å². The van der Waals surface area contributed by atoms with Gasteiger partial charge < -0.3 is 15.0 Å². The number of rotatable bonds is 4. The van der Waals surface area contributed by atoms with Gasteiger partial charge in [0, 0.05) is 29.7 Å². The zero-order valence-electron chi connectivity index (χ0n) is 15.4. The number of nitrogens with one attached hydrogen (secondary N) is 1. The summed E-state index contributed by atoms with van der Waals surface area (Å²) in [6.07, 6.45) is 0. The molecule has 2 heterocycles. The number of morpholine rings is 1. The second-order valence-electron chi connectivity index (χ2n) is 6.62. The Labute approximate surface area is 166 Å². The molecule has 28 heavy (non-hydrogen) atoms. The molecule has 0 atom stereocenters. The minimum absolute atomic E-state index is 0.318. The van der Waals surface area contributed by atoms with Crippen molar-refractivity contribution < 1.29 is 13.9 Å². The highest BCUT2D eigenvalue weighted by molar-refractivity contribution is 7.13. The van der Waals surface area contributed by atoms with Gasteiger partial charge in [-0.1, -0.05) is 29.8 Å². The van der Waals surface area contributed by atoms with E-state index < -0.39 is 0 Å². The monoisotopic (exact) mass is 397 g/mol. The summed E-state index contributed by atoms with van der Waals surface area (Å²) in [7, 11) is 0. The number of hydrogen-bond acceptors (Lipinski definition) is 5. The maximum atomic E-state index is 14.5. The number of amides is 1. The zero-order chi connectivity index (χ0) is 19.5. The maximum absolute atomic E-state index is 14.5. The average molecular weight is 397 g/mol. The summed E-state index contributed by atoms with van der Waals surface area (Å²) in [5, 5.41) is 5.21. The fourth-order valence-electron chi connectivity index (χ4n) is 3.05. The standard InChI is InChI=1S/C21H20FN3O2S/c1-14-2-4-15(5-3-14)21-24-18(13-28-21)20(26)23-16-6-7-19(17(22)12-16)25-8-10-27-11-9-25/h2-7,12-13H,8-11H2,1H3,(H,23,26). The number of anilines is 2. The molecule has 1 aromatic heterocycles. The van der Waals surface area contributed by atoms with Crippen LogP contribution in [0.3, 0.4) is 0 Å². The summed E-state index contributed by atoms with van der Waals surface area (Å²) < 4.78 is 19.8. The van der Waals surface area contributed by atoms with E-state index in [0.717, 1.165) is 10.6 Å². The zero-order valence-corrected chi connectivity index (χ0v) is 16.3. The van der Waals surface area contributed by atoms with Gasteiger partial charge in [-0.15, -0.1) is 11.3 Å². The topological polar surface area (TPSA) is 54.5 Å². The van der Waals surface area contributed by atoms with E-state index >= 15 is 0 Å². The lowest BCUT2D eigenvalue weighted by molar-refractivity contribution is 0.102. The molecular weight excluding hydrogens is 377 g/mol. The van der Waals surface area contributed by atoms with Crippen LogP contribution in [0.4, 0.5) is 15.8 Å². The minimum atomic E-state index is -0.363. The fourth-order valence-corrected chi connectivity index (χ4v) is 3.85. The molecule has 0 spiro atoms. The van der Waals surface area contributed by atoms with Crippen molar-refractivity contribution >= 4 is 28.6 Å². The van der Waals surface area contributed by atoms with Crippen molar-refractivity contribution in [1.29, 1.82) is 0 Å². The van der Waals surface area contributed by atoms with Gasteiger partial charge >= 0.3 is 0 Å². The summed E-state index contributed by atoms with van der Waals surface area (Å²) >= 11 is 1.41. The van der Waals surface area contributed by atoms with Crippen molar-refractivity contribution in [2.24, 2.45) is 0 Å². The molecule has 1 saturated heterocycles. The van der Waals surface area contributed by atoms with Crippen LogP contribution in [0.1, 0.15) is 16.1 Å². The second kappa shape index (κ2) is 8.08. The third-order valence-electron chi connectivity index (χ3n) is 4.59. The normalized spacial score (nSPS) is 14.1. The Morgan fingerprint density at radius 1 is 1.18 bits per heavy atom. The first-order valence-corrected chi connectivity index (χ1v) is 9.94. The molecule has 0 aliphatic carbocycles. The van der Waals surface area contributed by atoms with Crippen molar-refractivity contribution in [3.63, 3.8) is 0 Å². The van der Waals surface area contributed by atoms with Crippen molar-refractivity contribution in [3.05, 3.63) is 64.9 Å². The molecule has 1 amide bonds. The molecule has 0 unspecified atom stereocenters. The van der Waals surface area contributed by atoms with Gasteiger partial charge in [0.1, 0.15) is 16.5 Å². The number of thiazole rings is 1. The molecule has 2 aromatic carbocycles. The van der Waals surface area contributed by atoms with Gasteiger partial charge in [-0.05, 0) is 25.1 Å². The molecule has 144 valence electrons. The lowest BCUT2D eigenvalue weighted by atomic mass is 10.2. The predicted molar refractivity (Wildman–Crippen MR) is 110 cm³/mol. The first kappa shape index (κ1) is 18.6. The van der Waals surface area contributed by atoms with E-state index in [9.17, 15) is 9.18 Å². The Hall–Kier alpha value is -2.77. The number of carbonyl (C=O) groups excluding carboxylic acids is 1. The Balaban J connectivity index is 1.46. The van der Waals surface area contributed by atoms with Crippen molar-refractivity contribution in [2.45, 2.75) is 6.92 Å². The number of aromatic nitrogens is 1. The molecule has 1 aliphatic heterocycles. The van der Waals surface area contributed by atoms with E-state index in [2.05, 4.69) is 10.3 Å². The largest absolute Gasteiger partial charge is 0.378 e. The highest BCUT2D eigenvalue weighted by atomic mass is 32.1. The molecule has 0 saturated carbocycles. The second-order valence-corrected chi connectivity index (χ2v) is 7.48. The van der Waals surface area contributed by atoms with Crippen molar-refractivity contribution in [3.8, 4) is 10.6 Å². The Morgan fingerprint density at radius 3 is 2.64 bits per heavy atom. The van der Waals surface area contributed by atoms with E-state index in [0.29, 0.717) is 43.4 Å². The number of hydrogen-bond donors (Lipinski definition) is 1. The number of carbonyl (C=O) groups is 1. The smallest absolute Gasteiger partial charge is 0.275 e. The quantitative estimate of drug-likeness (QED) is 0.711. The molecule has 5 nitrogen and oxygen atoms in total. The van der Waals surface area contributed by atoms with Crippen LogP contribution in [0.2, 0.25) is 0 Å². The van der Waals surface area contributed by atoms with Gasteiger partial charge in [-0.3, -0.25) is 4.79 Å². The average Bonchev–Trinajstić information content (AvgIpc) is 3.20. The van der Waals surface area contributed by atoms with Gasteiger partial charge in [0.25, 0.3) is 5.91 Å². The Kier molecular flexibility index (Phi) is 5.36. The number of benzene rings is 2. The van der Waals surface area contributed by atoms with E-state index in [4.69, 9.17) is 4.74 Å². The van der Waals surface area contributed by atoms with Crippen molar-refractivity contribution in [1.82, 2.24) is 4.98 Å². The molecule has 0 radical (unpaired) electrons. The molecule has 1 fully saturated rings. The summed E-state index contributed by atoms with van der Waals surface area (Å²) in [6, 6.07) is 12.7. The number of aryl methyl sites for hydroxylation is 1. The van der Waals surface area contributed by atoms with Crippen LogP contribution >= 0.6 is 11.3 Å². The van der Waals surface area contributed by atoms with Gasteiger partial charge in [-0.25, -0.2) is 9.37 Å². The van der Waals surface area contributed by atoms with Gasteiger partial charge in [-0.2, -0.15) is 0 Å². The third-order valence-corrected chi connectivity index (χ3v) is 5.48. The molecule has 0 bridgehead atoms. The summed E-state index contributed by atoms with van der Waals surface area (Å²) in [6.45, 7) is 4.51. The van der Waals surface area contributed by atoms with E-state index in [1.807, 2.05) is 36.1 Å². The van der Waals surface area contributed by atoms with Gasteiger partial charge in [0.2, 0.25) is 0 Å². The predicted octanol–water partition coefficient (Wildman–Crippen LogP) is 4.35. The van der Waals surface area contributed by atoms with Crippen molar-refractivity contribution in [2.75, 3.05) is 36.5 Å². The van der Waals surface area contributed by atoms with Crippen LogP contribution in [0.5, 0.6) is 0 Å². The lowest BCUT2D eigenvalue weighted by Gasteiger charge is -2.29. The Bertz CT molecular complexity index is 982. The maximum Gasteiger partial charge on any atom is 0.275 e. The summed E-state index contributed by atoms with van der Waals surface area (Å²) in [5.74, 6) is -0.716. The number of halogens is 1. The van der Waals surface area contributed by atoms with Crippen LogP contribution in [-0.4, -0.2) is 37.2 Å². The molecular formula is C21H20FN3O2S. The van der Waals surface area contributed by atoms with Crippen LogP contribution in [0, 0.1) is 12.7 Å². The lowest BCUT2D eigenvalue weighted by Crippen LogP contribution is -2.36. The van der Waals surface area contributed by atoms with E-state index in [1.165, 1.54) is 23.0 Å². The molecule has 3 aromatic rings. The van der Waals surface area contributed by atoms with Crippen LogP contribution < -0.4 is 10.2 Å². The molecule has 4 rings (SSSR count). The van der Waals surface area contributed by atoms with Gasteiger partial charge in [0.05, 0.1) is 18.9 Å². The number of ether oxygens (including phenoxy) is 1. The molecule has 1 N–H and O–H groups in total. The van der Waals surface area contributed by atoms with Crippen LogP contribution in [0.25, 0.3) is 10.6 Å². The molecule has 1 aliphatic rings. The van der Waals surface area contributed by atoms with Gasteiger partial charge in [0.15, 0.2) is 0 Å². The van der Waals surface area contributed by atoms with Crippen LogP contribution in [-0.2, 0) is 4.74 Å². The summed E-state index contributed by atoms with van der Waals surface area (Å²) in [5.41, 5.74) is 3.38. The SMILES string of the molecule is Cc1ccc(-c2nc(C(=O)Nc3ccc(N4CCOCC4)c(F)c3)cs2)cc1. The first-order valence-electron chi connectivity index (χ1n) is 9.06. The summed E-state index contributed by atoms with van der Waals surface area (Å²) in [4.78, 5) is 18.8. The minimum Gasteiger partial charge on any atom is -0.378 e. The molecule has 7 heteroatoms. The highest BCUT2D eigenvalue weighted by Crippen LogP contribution is 2.26. The Morgan fingerprint density at radius 2 is 1.93 bits per heavy atom. The number of nitrogens with zero attached hydrogens (tertiary/aromatic N) is 2. The fraction of sp³-hybridized carbons (Fsp3) is 0.238. The van der Waals surface area contributed by atoms with E-state index in [-0.39, 0.29) is 11.7 Å². The first-order chi connectivity index (χ1) is 13.6. The van der Waals surface area contributed by atoms with E-state index in [1.54, 1.807) is 17.5 Å².